The van der Waals surface area contributed by atoms with Gasteiger partial charge in [0.1, 0.15) is 29.2 Å². The maximum absolute atomic E-state index is 14.4. The Kier molecular flexibility index (Phi) is 5.65. The molecule has 1 aliphatic carbocycles. The van der Waals surface area contributed by atoms with E-state index in [4.69, 9.17) is 20.4 Å². The zero-order valence-electron chi connectivity index (χ0n) is 23.0. The van der Waals surface area contributed by atoms with Gasteiger partial charge in [0.2, 0.25) is 0 Å². The molecule has 3 aliphatic heterocycles. The Balaban J connectivity index is 1.17. The van der Waals surface area contributed by atoms with Crippen molar-refractivity contribution < 1.29 is 9.13 Å². The average Bonchev–Trinajstić information content (AvgIpc) is 3.73. The van der Waals surface area contributed by atoms with E-state index in [1.807, 2.05) is 12.1 Å². The van der Waals surface area contributed by atoms with Gasteiger partial charge in [-0.2, -0.15) is 15.2 Å². The van der Waals surface area contributed by atoms with Crippen molar-refractivity contribution in [3.8, 4) is 12.1 Å². The van der Waals surface area contributed by atoms with Gasteiger partial charge in [-0.25, -0.2) is 4.39 Å². The van der Waals surface area contributed by atoms with Gasteiger partial charge in [-0.3, -0.25) is 24.5 Å². The number of nitrogens with one attached hydrogen (secondary N) is 1. The molecule has 0 radical (unpaired) electrons. The summed E-state index contributed by atoms with van der Waals surface area (Å²) in [5, 5.41) is 13.7. The van der Waals surface area contributed by atoms with Crippen LogP contribution in [0.25, 0.3) is 11.0 Å². The number of hydrogen-bond acceptors (Lipinski definition) is 10. The molecule has 0 bridgehead atoms. The van der Waals surface area contributed by atoms with Gasteiger partial charge in [0.25, 0.3) is 5.56 Å². The molecule has 11 nitrogen and oxygen atoms in total. The summed E-state index contributed by atoms with van der Waals surface area (Å²) in [6.07, 6.45) is 6.75. The molecule has 3 saturated heterocycles. The van der Waals surface area contributed by atoms with Crippen LogP contribution in [0.4, 0.5) is 15.2 Å². The third-order valence-corrected chi connectivity index (χ3v) is 10.7. The monoisotopic (exact) mass is 587 g/mol. The van der Waals surface area contributed by atoms with Crippen molar-refractivity contribution in [1.82, 2.24) is 29.6 Å². The Morgan fingerprint density at radius 1 is 1.31 bits per heavy atom. The third-order valence-electron chi connectivity index (χ3n) is 9.63. The molecule has 3 fully saturated rings. The lowest BCUT2D eigenvalue weighted by molar-refractivity contribution is 0.107. The SMILES string of the molecule is N#Cc1c(N)sc2c1C1(CC2)CN(c2nc(OC[C@@]34CCCN3C[C@H](F)C4)nc3c2c(=O)[nH]n3Cc2cccnc2)C1. The molecule has 0 aromatic carbocycles. The fourth-order valence-electron chi connectivity index (χ4n) is 7.75. The predicted octanol–water partition coefficient (Wildman–Crippen LogP) is 2.74. The lowest BCUT2D eigenvalue weighted by Crippen LogP contribution is -2.59. The fourth-order valence-corrected chi connectivity index (χ4v) is 8.89. The van der Waals surface area contributed by atoms with Gasteiger partial charge >= 0.3 is 6.01 Å². The molecule has 0 saturated carbocycles. The molecule has 216 valence electrons. The van der Waals surface area contributed by atoms with Gasteiger partial charge in [-0.15, -0.1) is 11.3 Å². The predicted molar refractivity (Wildman–Crippen MR) is 156 cm³/mol. The number of anilines is 2. The van der Waals surface area contributed by atoms with Crippen molar-refractivity contribution in [2.75, 3.05) is 43.4 Å². The molecule has 0 unspecified atom stereocenters. The summed E-state index contributed by atoms with van der Waals surface area (Å²) in [5.41, 5.74) is 8.38. The molecule has 2 atom stereocenters. The molecule has 4 aromatic heterocycles. The molecule has 8 rings (SSSR count). The number of thiophene rings is 1. The van der Waals surface area contributed by atoms with Gasteiger partial charge in [0.15, 0.2) is 11.5 Å². The molecule has 4 aliphatic rings. The number of nitrogen functional groups attached to an aromatic ring is 1. The number of ether oxygens (including phenoxy) is 1. The van der Waals surface area contributed by atoms with Crippen molar-refractivity contribution >= 4 is 33.2 Å². The minimum atomic E-state index is -0.861. The quantitative estimate of drug-likeness (QED) is 0.348. The molecule has 4 aromatic rings. The van der Waals surface area contributed by atoms with E-state index in [9.17, 15) is 14.4 Å². The van der Waals surface area contributed by atoms with E-state index in [2.05, 4.69) is 26.0 Å². The number of aromatic nitrogens is 5. The first kappa shape index (κ1) is 25.7. The van der Waals surface area contributed by atoms with Gasteiger partial charge in [-0.05, 0) is 49.4 Å². The van der Waals surface area contributed by atoms with Crippen LogP contribution in [0.1, 0.15) is 47.3 Å². The van der Waals surface area contributed by atoms with Crippen LogP contribution in [0, 0.1) is 11.3 Å². The molecule has 7 heterocycles. The topological polar surface area (TPSA) is 142 Å². The number of pyridine rings is 1. The van der Waals surface area contributed by atoms with Crippen LogP contribution in [-0.4, -0.2) is 74.1 Å². The number of nitrogens with two attached hydrogens (primary N) is 1. The second kappa shape index (κ2) is 9.24. The summed E-state index contributed by atoms with van der Waals surface area (Å²) in [6, 6.07) is 6.28. The minimum Gasteiger partial charge on any atom is -0.461 e. The van der Waals surface area contributed by atoms with E-state index in [1.54, 1.807) is 17.1 Å². The number of H-pyrrole nitrogens is 1. The van der Waals surface area contributed by atoms with Crippen LogP contribution < -0.4 is 20.9 Å². The highest BCUT2D eigenvalue weighted by Crippen LogP contribution is 2.52. The largest absolute Gasteiger partial charge is 0.461 e. The molecule has 42 heavy (non-hydrogen) atoms. The molecule has 1 spiro atoms. The van der Waals surface area contributed by atoms with Crippen LogP contribution in [0.15, 0.2) is 29.3 Å². The second-order valence-electron chi connectivity index (χ2n) is 12.2. The normalized spacial score (nSPS) is 24.2. The molecule has 0 amide bonds. The number of hydrogen-bond donors (Lipinski definition) is 2. The zero-order chi connectivity index (χ0) is 28.6. The maximum Gasteiger partial charge on any atom is 0.320 e. The summed E-state index contributed by atoms with van der Waals surface area (Å²) < 4.78 is 22.4. The highest BCUT2D eigenvalue weighted by atomic mass is 32.1. The number of nitriles is 1. The van der Waals surface area contributed by atoms with Crippen molar-refractivity contribution in [2.45, 2.75) is 55.8 Å². The lowest BCUT2D eigenvalue weighted by atomic mass is 9.74. The van der Waals surface area contributed by atoms with Crippen molar-refractivity contribution in [3.63, 3.8) is 0 Å². The van der Waals surface area contributed by atoms with E-state index in [1.165, 1.54) is 16.2 Å². The summed E-state index contributed by atoms with van der Waals surface area (Å²) in [5.74, 6) is 0.512. The summed E-state index contributed by atoms with van der Waals surface area (Å²) in [4.78, 5) is 32.6. The van der Waals surface area contributed by atoms with Crippen LogP contribution in [-0.2, 0) is 18.4 Å². The van der Waals surface area contributed by atoms with E-state index >= 15 is 0 Å². The molecule has 3 N–H and O–H groups in total. The average molecular weight is 588 g/mol. The summed E-state index contributed by atoms with van der Waals surface area (Å²) >= 11 is 1.51. The molecular formula is C29H30FN9O2S. The Morgan fingerprint density at radius 2 is 2.19 bits per heavy atom. The maximum atomic E-state index is 14.4. The number of aryl methyl sites for hydroxylation is 1. The Morgan fingerprint density at radius 3 is 3.00 bits per heavy atom. The molecule has 13 heteroatoms. The minimum absolute atomic E-state index is 0.172. The smallest absolute Gasteiger partial charge is 0.320 e. The number of halogens is 1. The highest BCUT2D eigenvalue weighted by molar-refractivity contribution is 7.16. The van der Waals surface area contributed by atoms with Gasteiger partial charge < -0.3 is 15.4 Å². The number of alkyl halides is 1. The number of nitrogens with zero attached hydrogens (tertiary/aromatic N) is 7. The van der Waals surface area contributed by atoms with Gasteiger partial charge in [0.05, 0.1) is 17.6 Å². The molecular weight excluding hydrogens is 557 g/mol. The highest BCUT2D eigenvalue weighted by Gasteiger charge is 2.52. The van der Waals surface area contributed by atoms with E-state index in [-0.39, 0.29) is 22.5 Å². The van der Waals surface area contributed by atoms with Crippen LogP contribution in [0.3, 0.4) is 0 Å². The first-order chi connectivity index (χ1) is 20.4. The Hall–Kier alpha value is -4.02. The van der Waals surface area contributed by atoms with Crippen LogP contribution in [0.5, 0.6) is 6.01 Å². The second-order valence-corrected chi connectivity index (χ2v) is 13.3. The third kappa shape index (κ3) is 3.78. The van der Waals surface area contributed by atoms with Crippen molar-refractivity contribution in [2.24, 2.45) is 0 Å². The zero-order valence-corrected chi connectivity index (χ0v) is 23.8. The first-order valence-corrected chi connectivity index (χ1v) is 15.2. The Bertz CT molecular complexity index is 1810. The summed E-state index contributed by atoms with van der Waals surface area (Å²) in [6.45, 7) is 3.20. The Labute approximate surface area is 244 Å². The van der Waals surface area contributed by atoms with Crippen molar-refractivity contribution in [1.29, 1.82) is 5.26 Å². The van der Waals surface area contributed by atoms with E-state index in [0.717, 1.165) is 43.4 Å². The number of aromatic amines is 1. The fraction of sp³-hybridized carbons (Fsp3) is 0.483. The van der Waals surface area contributed by atoms with E-state index in [0.29, 0.717) is 66.6 Å². The van der Waals surface area contributed by atoms with Crippen LogP contribution >= 0.6 is 11.3 Å². The van der Waals surface area contributed by atoms with Crippen molar-refractivity contribution in [3.05, 3.63) is 56.4 Å². The number of rotatable bonds is 6. The van der Waals surface area contributed by atoms with Crippen LogP contribution in [0.2, 0.25) is 0 Å². The number of fused-ring (bicyclic) bond motifs is 4. The van der Waals surface area contributed by atoms with Gasteiger partial charge in [-0.1, -0.05) is 6.07 Å². The lowest BCUT2D eigenvalue weighted by Gasteiger charge is -2.49. The summed E-state index contributed by atoms with van der Waals surface area (Å²) in [7, 11) is 0. The van der Waals surface area contributed by atoms with E-state index < -0.39 is 6.17 Å². The standard InChI is InChI=1S/C29H30FN9O2S/c30-18-9-29(5-2-8-38(29)13-18)16-41-27-34-24(21-25(35-27)39(36-26(21)40)12-17-3-1-7-33-11-17)37-14-28(15-37)6-4-20-22(28)19(10-31)23(32)42-20/h1,3,7,11,18H,2,4-6,8-9,12-16,32H2,(H,36,40)/t18-,29+/m1/s1. The first-order valence-electron chi connectivity index (χ1n) is 14.4. The van der Waals surface area contributed by atoms with Gasteiger partial charge in [0, 0.05) is 48.7 Å².